The van der Waals surface area contributed by atoms with Crippen molar-refractivity contribution in [2.45, 2.75) is 49.8 Å². The first-order valence-corrected chi connectivity index (χ1v) is 10.5. The molecule has 0 radical (unpaired) electrons. The molecule has 1 heterocycles. The smallest absolute Gasteiger partial charge is 0.326 e. The fraction of sp³-hybridized carbons (Fsp3) is 0.529. The highest BCUT2D eigenvalue weighted by atomic mass is 33.1. The zero-order valence-electron chi connectivity index (χ0n) is 13.4. The third-order valence-electron chi connectivity index (χ3n) is 3.92. The molecule has 0 saturated carbocycles. The van der Waals surface area contributed by atoms with E-state index >= 15 is 0 Å². The summed E-state index contributed by atoms with van der Waals surface area (Å²) in [5.74, 6) is 0.0896. The van der Waals surface area contributed by atoms with Crippen LogP contribution in [-0.2, 0) is 16.0 Å². The first-order valence-electron chi connectivity index (χ1n) is 8.13. The van der Waals surface area contributed by atoms with Crippen molar-refractivity contribution in [1.82, 2.24) is 5.32 Å². The number of unbranched alkanes of at least 4 members (excludes halogenated alkanes) is 1. The van der Waals surface area contributed by atoms with Crippen LogP contribution in [0.1, 0.15) is 37.7 Å². The minimum Gasteiger partial charge on any atom is -0.508 e. The van der Waals surface area contributed by atoms with Crippen molar-refractivity contribution in [3.8, 4) is 5.75 Å². The topological polar surface area (TPSA) is 86.6 Å². The Bertz CT molecular complexity index is 544. The molecule has 2 rings (SSSR count). The zero-order chi connectivity index (χ0) is 17.4. The maximum absolute atomic E-state index is 12.0. The molecule has 24 heavy (non-hydrogen) atoms. The van der Waals surface area contributed by atoms with E-state index in [0.717, 1.165) is 24.8 Å². The Morgan fingerprint density at radius 1 is 1.25 bits per heavy atom. The van der Waals surface area contributed by atoms with Crippen molar-refractivity contribution in [2.75, 3.05) is 5.75 Å². The molecule has 7 heteroatoms. The average molecular weight is 370 g/mol. The first kappa shape index (κ1) is 19.0. The van der Waals surface area contributed by atoms with Gasteiger partial charge in [0.1, 0.15) is 11.8 Å². The minimum absolute atomic E-state index is 0.133. The van der Waals surface area contributed by atoms with E-state index in [2.05, 4.69) is 5.32 Å². The van der Waals surface area contributed by atoms with Gasteiger partial charge in [-0.1, -0.05) is 40.1 Å². The predicted molar refractivity (Wildman–Crippen MR) is 98.3 cm³/mol. The molecule has 1 aromatic rings. The lowest BCUT2D eigenvalue weighted by atomic mass is 10.1. The van der Waals surface area contributed by atoms with Crippen molar-refractivity contribution < 1.29 is 19.8 Å². The molecule has 2 unspecified atom stereocenters. The standard InChI is InChI=1S/C17H23NO4S2/c19-13-7-5-12(6-8-13)11-15(17(21)22)18-16(20)4-2-1-3-14-9-10-23-24-14/h5-8,14-15,19H,1-4,9-11H2,(H,18,20)(H,21,22). The molecule has 5 nitrogen and oxygen atoms in total. The molecule has 1 aliphatic rings. The van der Waals surface area contributed by atoms with Gasteiger partial charge in [0.25, 0.3) is 0 Å². The molecule has 1 saturated heterocycles. The number of rotatable bonds is 9. The Morgan fingerprint density at radius 2 is 2.00 bits per heavy atom. The zero-order valence-corrected chi connectivity index (χ0v) is 15.1. The highest BCUT2D eigenvalue weighted by Gasteiger charge is 2.20. The number of benzene rings is 1. The van der Waals surface area contributed by atoms with Crippen molar-refractivity contribution in [1.29, 1.82) is 0 Å². The number of phenols is 1. The second-order valence-electron chi connectivity index (χ2n) is 5.90. The van der Waals surface area contributed by atoms with Crippen LogP contribution in [0.5, 0.6) is 5.75 Å². The van der Waals surface area contributed by atoms with Gasteiger partial charge in [0.2, 0.25) is 5.91 Å². The van der Waals surface area contributed by atoms with E-state index in [1.165, 1.54) is 24.3 Å². The van der Waals surface area contributed by atoms with E-state index in [0.29, 0.717) is 11.7 Å². The summed E-state index contributed by atoms with van der Waals surface area (Å²) in [6.07, 6.45) is 4.73. The van der Waals surface area contributed by atoms with Gasteiger partial charge in [0.15, 0.2) is 0 Å². The molecular formula is C17H23NO4S2. The number of carbonyl (C=O) groups is 2. The number of aliphatic carboxylic acids is 1. The Morgan fingerprint density at radius 3 is 2.62 bits per heavy atom. The third-order valence-corrected chi connectivity index (χ3v) is 6.92. The average Bonchev–Trinajstić information content (AvgIpc) is 3.06. The number of hydrogen-bond acceptors (Lipinski definition) is 5. The second kappa shape index (κ2) is 9.84. The van der Waals surface area contributed by atoms with Gasteiger partial charge < -0.3 is 15.5 Å². The summed E-state index contributed by atoms with van der Waals surface area (Å²) in [4.78, 5) is 23.3. The number of carbonyl (C=O) groups excluding carboxylic acids is 1. The quantitative estimate of drug-likeness (QED) is 0.458. The van der Waals surface area contributed by atoms with Gasteiger partial charge >= 0.3 is 5.97 Å². The van der Waals surface area contributed by atoms with Crippen LogP contribution in [0.15, 0.2) is 24.3 Å². The van der Waals surface area contributed by atoms with E-state index in [1.807, 2.05) is 21.6 Å². The van der Waals surface area contributed by atoms with Crippen LogP contribution in [0, 0.1) is 0 Å². The molecular weight excluding hydrogens is 346 g/mol. The minimum atomic E-state index is -1.05. The summed E-state index contributed by atoms with van der Waals surface area (Å²) in [7, 11) is 3.85. The normalized spacial score (nSPS) is 18.2. The van der Waals surface area contributed by atoms with Gasteiger partial charge in [-0.2, -0.15) is 0 Å². The molecule has 0 aliphatic carbocycles. The SMILES string of the molecule is O=C(CCCCC1CCSS1)NC(Cc1ccc(O)cc1)C(=O)O. The molecule has 2 atom stereocenters. The van der Waals surface area contributed by atoms with Crippen LogP contribution in [0.25, 0.3) is 0 Å². The summed E-state index contributed by atoms with van der Waals surface area (Å²) in [5, 5.41) is 21.8. The fourth-order valence-corrected chi connectivity index (χ4v) is 5.58. The highest BCUT2D eigenvalue weighted by Crippen LogP contribution is 2.39. The molecule has 1 aliphatic heterocycles. The van der Waals surface area contributed by atoms with Crippen molar-refractivity contribution in [3.05, 3.63) is 29.8 Å². The number of hydrogen-bond donors (Lipinski definition) is 3. The predicted octanol–water partition coefficient (Wildman–Crippen LogP) is 3.22. The number of nitrogens with one attached hydrogen (secondary N) is 1. The molecule has 0 aromatic heterocycles. The van der Waals surface area contributed by atoms with Gasteiger partial charge in [-0.05, 0) is 37.0 Å². The van der Waals surface area contributed by atoms with Crippen molar-refractivity contribution in [3.63, 3.8) is 0 Å². The number of carboxylic acid groups (broad SMARTS) is 1. The second-order valence-corrected chi connectivity index (χ2v) is 8.69. The maximum atomic E-state index is 12.0. The molecule has 3 N–H and O–H groups in total. The van der Waals surface area contributed by atoms with E-state index in [-0.39, 0.29) is 18.1 Å². The Kier molecular flexibility index (Phi) is 7.78. The first-order chi connectivity index (χ1) is 11.5. The Balaban J connectivity index is 1.71. The van der Waals surface area contributed by atoms with Crippen molar-refractivity contribution in [2.24, 2.45) is 0 Å². The molecule has 0 bridgehead atoms. The summed E-state index contributed by atoms with van der Waals surface area (Å²) >= 11 is 0. The molecule has 1 fully saturated rings. The van der Waals surface area contributed by atoms with Crippen molar-refractivity contribution >= 4 is 33.5 Å². The Hall–Kier alpha value is -1.34. The lowest BCUT2D eigenvalue weighted by Gasteiger charge is -2.15. The van der Waals surface area contributed by atoms with E-state index in [4.69, 9.17) is 0 Å². The van der Waals surface area contributed by atoms with E-state index in [1.54, 1.807) is 12.1 Å². The van der Waals surface area contributed by atoms with Gasteiger partial charge in [-0.15, -0.1) is 0 Å². The maximum Gasteiger partial charge on any atom is 0.326 e. The summed E-state index contributed by atoms with van der Waals surface area (Å²) in [5.41, 5.74) is 0.760. The van der Waals surface area contributed by atoms with Gasteiger partial charge in [-0.3, -0.25) is 4.79 Å². The number of amides is 1. The van der Waals surface area contributed by atoms with E-state index < -0.39 is 12.0 Å². The summed E-state index contributed by atoms with van der Waals surface area (Å²) in [6.45, 7) is 0. The fourth-order valence-electron chi connectivity index (χ4n) is 2.56. The molecule has 0 spiro atoms. The van der Waals surface area contributed by atoms with Crippen LogP contribution in [0.2, 0.25) is 0 Å². The van der Waals surface area contributed by atoms with Gasteiger partial charge in [0.05, 0.1) is 0 Å². The third kappa shape index (κ3) is 6.65. The highest BCUT2D eigenvalue weighted by molar-refractivity contribution is 8.77. The van der Waals surface area contributed by atoms with Gasteiger partial charge in [-0.25, -0.2) is 4.79 Å². The summed E-state index contributed by atoms with van der Waals surface area (Å²) < 4.78 is 0. The van der Waals surface area contributed by atoms with Gasteiger partial charge in [0, 0.05) is 23.8 Å². The van der Waals surface area contributed by atoms with Crippen LogP contribution in [-0.4, -0.2) is 39.1 Å². The largest absolute Gasteiger partial charge is 0.508 e. The molecule has 1 aromatic carbocycles. The van der Waals surface area contributed by atoms with E-state index in [9.17, 15) is 19.8 Å². The monoisotopic (exact) mass is 369 g/mol. The van der Waals surface area contributed by atoms with Crippen LogP contribution < -0.4 is 5.32 Å². The number of aromatic hydroxyl groups is 1. The molecule has 1 amide bonds. The molecule has 132 valence electrons. The lowest BCUT2D eigenvalue weighted by Crippen LogP contribution is -2.42. The number of carboxylic acids is 1. The van der Waals surface area contributed by atoms with Crippen LogP contribution in [0.3, 0.4) is 0 Å². The van der Waals surface area contributed by atoms with Crippen LogP contribution in [0.4, 0.5) is 0 Å². The summed E-state index contributed by atoms with van der Waals surface area (Å²) in [6, 6.07) is 5.40. The number of phenolic OH excluding ortho intramolecular Hbond substituents is 1. The Labute approximate surface area is 150 Å². The lowest BCUT2D eigenvalue weighted by molar-refractivity contribution is -0.141. The van der Waals surface area contributed by atoms with Crippen LogP contribution >= 0.6 is 21.6 Å².